The standard InChI is InChI=1S/C14H32N2O/c1-3-4-5-6-7-8-11-16-13-14(15)10-9-12-17-2/h14,16H,3-13,15H2,1-2H3. The molecular weight excluding hydrogens is 212 g/mol. The number of hydrogen-bond donors (Lipinski definition) is 2. The molecule has 3 heteroatoms. The number of rotatable bonds is 13. The van der Waals surface area contributed by atoms with Crippen LogP contribution in [0.15, 0.2) is 0 Å². The number of nitrogens with one attached hydrogen (secondary N) is 1. The van der Waals surface area contributed by atoms with Crippen LogP contribution in [0.3, 0.4) is 0 Å². The average Bonchev–Trinajstić information content (AvgIpc) is 2.33. The summed E-state index contributed by atoms with van der Waals surface area (Å²) in [5, 5.41) is 3.44. The number of hydrogen-bond acceptors (Lipinski definition) is 3. The molecule has 0 amide bonds. The van der Waals surface area contributed by atoms with E-state index in [2.05, 4.69) is 12.2 Å². The third kappa shape index (κ3) is 13.8. The van der Waals surface area contributed by atoms with Gasteiger partial charge in [0.2, 0.25) is 0 Å². The molecule has 0 rings (SSSR count). The lowest BCUT2D eigenvalue weighted by Crippen LogP contribution is -2.34. The highest BCUT2D eigenvalue weighted by Gasteiger charge is 2.00. The van der Waals surface area contributed by atoms with E-state index in [0.29, 0.717) is 0 Å². The van der Waals surface area contributed by atoms with Gasteiger partial charge >= 0.3 is 0 Å². The summed E-state index contributed by atoms with van der Waals surface area (Å²) >= 11 is 0. The second-order valence-electron chi connectivity index (χ2n) is 4.87. The van der Waals surface area contributed by atoms with Gasteiger partial charge in [-0.25, -0.2) is 0 Å². The van der Waals surface area contributed by atoms with Crippen molar-refractivity contribution in [1.29, 1.82) is 0 Å². The van der Waals surface area contributed by atoms with Crippen molar-refractivity contribution >= 4 is 0 Å². The van der Waals surface area contributed by atoms with E-state index in [9.17, 15) is 0 Å². The SMILES string of the molecule is CCCCCCCCNCC(N)CCCOC. The molecule has 0 aliphatic heterocycles. The number of ether oxygens (including phenoxy) is 1. The molecule has 0 aliphatic rings. The monoisotopic (exact) mass is 244 g/mol. The summed E-state index contributed by atoms with van der Waals surface area (Å²) in [6.07, 6.45) is 10.3. The molecule has 0 aliphatic carbocycles. The summed E-state index contributed by atoms with van der Waals surface area (Å²) in [5.41, 5.74) is 5.98. The summed E-state index contributed by atoms with van der Waals surface area (Å²) in [7, 11) is 1.74. The lowest BCUT2D eigenvalue weighted by atomic mass is 10.1. The maximum absolute atomic E-state index is 5.98. The van der Waals surface area contributed by atoms with Gasteiger partial charge < -0.3 is 15.8 Å². The molecule has 0 saturated carbocycles. The van der Waals surface area contributed by atoms with Crippen LogP contribution in [0.2, 0.25) is 0 Å². The van der Waals surface area contributed by atoms with Gasteiger partial charge in [0, 0.05) is 26.3 Å². The summed E-state index contributed by atoms with van der Waals surface area (Å²) in [6.45, 7) is 5.14. The Hall–Kier alpha value is -0.120. The fraction of sp³-hybridized carbons (Fsp3) is 1.00. The summed E-state index contributed by atoms with van der Waals surface area (Å²) in [5.74, 6) is 0. The Kier molecular flexibility index (Phi) is 13.8. The molecule has 3 nitrogen and oxygen atoms in total. The zero-order valence-corrected chi connectivity index (χ0v) is 11.8. The maximum atomic E-state index is 5.98. The summed E-state index contributed by atoms with van der Waals surface area (Å²) < 4.78 is 5.01. The van der Waals surface area contributed by atoms with E-state index >= 15 is 0 Å². The van der Waals surface area contributed by atoms with Crippen molar-refractivity contribution in [2.24, 2.45) is 5.73 Å². The Balaban J connectivity index is 3.05. The van der Waals surface area contributed by atoms with Gasteiger partial charge in [0.25, 0.3) is 0 Å². The van der Waals surface area contributed by atoms with Crippen LogP contribution in [0.5, 0.6) is 0 Å². The highest BCUT2D eigenvalue weighted by atomic mass is 16.5. The van der Waals surface area contributed by atoms with Crippen LogP contribution in [-0.4, -0.2) is 32.8 Å². The Morgan fingerprint density at radius 1 is 1.06 bits per heavy atom. The zero-order chi connectivity index (χ0) is 12.8. The van der Waals surface area contributed by atoms with Crippen LogP contribution in [-0.2, 0) is 4.74 Å². The minimum absolute atomic E-state index is 0.283. The molecule has 3 N–H and O–H groups in total. The Morgan fingerprint density at radius 2 is 1.76 bits per heavy atom. The van der Waals surface area contributed by atoms with Gasteiger partial charge in [-0.15, -0.1) is 0 Å². The number of nitrogens with two attached hydrogens (primary N) is 1. The van der Waals surface area contributed by atoms with Gasteiger partial charge in [0.05, 0.1) is 0 Å². The van der Waals surface area contributed by atoms with Crippen molar-refractivity contribution < 1.29 is 4.74 Å². The second-order valence-corrected chi connectivity index (χ2v) is 4.87. The minimum atomic E-state index is 0.283. The molecule has 1 atom stereocenters. The molecule has 0 radical (unpaired) electrons. The van der Waals surface area contributed by atoms with E-state index in [1.165, 1.54) is 38.5 Å². The van der Waals surface area contributed by atoms with Crippen LogP contribution in [0.25, 0.3) is 0 Å². The molecule has 17 heavy (non-hydrogen) atoms. The minimum Gasteiger partial charge on any atom is -0.385 e. The smallest absolute Gasteiger partial charge is 0.0462 e. The first kappa shape index (κ1) is 16.9. The largest absolute Gasteiger partial charge is 0.385 e. The van der Waals surface area contributed by atoms with Gasteiger partial charge in [-0.05, 0) is 25.8 Å². The Labute approximate surface area is 107 Å². The molecule has 1 unspecified atom stereocenters. The first-order chi connectivity index (χ1) is 8.31. The summed E-state index contributed by atoms with van der Waals surface area (Å²) in [4.78, 5) is 0. The van der Waals surface area contributed by atoms with E-state index in [1.807, 2.05) is 0 Å². The molecule has 0 bridgehead atoms. The van der Waals surface area contributed by atoms with Gasteiger partial charge in [-0.1, -0.05) is 39.0 Å². The highest BCUT2D eigenvalue weighted by Crippen LogP contribution is 2.04. The van der Waals surface area contributed by atoms with E-state index in [-0.39, 0.29) is 6.04 Å². The number of unbranched alkanes of at least 4 members (excludes halogenated alkanes) is 5. The van der Waals surface area contributed by atoms with Gasteiger partial charge in [0.1, 0.15) is 0 Å². The summed E-state index contributed by atoms with van der Waals surface area (Å²) in [6, 6.07) is 0.283. The van der Waals surface area contributed by atoms with E-state index in [4.69, 9.17) is 10.5 Å². The first-order valence-corrected chi connectivity index (χ1v) is 7.26. The normalized spacial score (nSPS) is 12.9. The van der Waals surface area contributed by atoms with Crippen molar-refractivity contribution in [3.8, 4) is 0 Å². The van der Waals surface area contributed by atoms with Crippen LogP contribution in [0, 0.1) is 0 Å². The molecular formula is C14H32N2O. The average molecular weight is 244 g/mol. The first-order valence-electron chi connectivity index (χ1n) is 7.26. The fourth-order valence-corrected chi connectivity index (χ4v) is 1.91. The van der Waals surface area contributed by atoms with E-state index in [1.54, 1.807) is 7.11 Å². The lowest BCUT2D eigenvalue weighted by Gasteiger charge is -2.12. The van der Waals surface area contributed by atoms with E-state index < -0.39 is 0 Å². The topological polar surface area (TPSA) is 47.3 Å². The second kappa shape index (κ2) is 13.9. The predicted molar refractivity (Wildman–Crippen MR) is 75.3 cm³/mol. The van der Waals surface area contributed by atoms with Crippen molar-refractivity contribution in [1.82, 2.24) is 5.32 Å². The lowest BCUT2D eigenvalue weighted by molar-refractivity contribution is 0.190. The van der Waals surface area contributed by atoms with Crippen LogP contribution in [0.4, 0.5) is 0 Å². The van der Waals surface area contributed by atoms with Crippen molar-refractivity contribution in [2.45, 2.75) is 64.3 Å². The third-order valence-electron chi connectivity index (χ3n) is 3.04. The third-order valence-corrected chi connectivity index (χ3v) is 3.04. The van der Waals surface area contributed by atoms with Crippen LogP contribution in [0.1, 0.15) is 58.3 Å². The molecule has 0 aromatic rings. The maximum Gasteiger partial charge on any atom is 0.0462 e. The van der Waals surface area contributed by atoms with Crippen molar-refractivity contribution in [3.05, 3.63) is 0 Å². The van der Waals surface area contributed by atoms with Gasteiger partial charge in [-0.2, -0.15) is 0 Å². The number of methoxy groups -OCH3 is 1. The van der Waals surface area contributed by atoms with E-state index in [0.717, 1.165) is 32.5 Å². The fourth-order valence-electron chi connectivity index (χ4n) is 1.91. The zero-order valence-electron chi connectivity index (χ0n) is 11.8. The predicted octanol–water partition coefficient (Wildman–Crippen LogP) is 2.69. The van der Waals surface area contributed by atoms with Crippen LogP contribution < -0.4 is 11.1 Å². The molecule has 0 fully saturated rings. The Bertz CT molecular complexity index is 142. The van der Waals surface area contributed by atoms with Gasteiger partial charge in [-0.3, -0.25) is 0 Å². The van der Waals surface area contributed by atoms with Crippen molar-refractivity contribution in [3.63, 3.8) is 0 Å². The molecule has 0 aromatic heterocycles. The molecule has 104 valence electrons. The molecule has 0 spiro atoms. The highest BCUT2D eigenvalue weighted by molar-refractivity contribution is 4.64. The van der Waals surface area contributed by atoms with Gasteiger partial charge in [0.15, 0.2) is 0 Å². The quantitative estimate of drug-likeness (QED) is 0.490. The molecule has 0 aromatic carbocycles. The Morgan fingerprint density at radius 3 is 2.47 bits per heavy atom. The van der Waals surface area contributed by atoms with Crippen molar-refractivity contribution in [2.75, 3.05) is 26.8 Å². The van der Waals surface area contributed by atoms with Crippen LogP contribution >= 0.6 is 0 Å². The molecule has 0 heterocycles. The molecule has 0 saturated heterocycles.